The second-order valence-corrected chi connectivity index (χ2v) is 6.28. The van der Waals surface area contributed by atoms with Crippen molar-refractivity contribution >= 4 is 0 Å². The normalized spacial score (nSPS) is 25.4. The molecule has 2 rings (SSSR count). The molecule has 1 aliphatic rings. The van der Waals surface area contributed by atoms with Gasteiger partial charge in [-0.2, -0.15) is 4.39 Å². The van der Waals surface area contributed by atoms with Crippen molar-refractivity contribution in [2.75, 3.05) is 6.54 Å². The van der Waals surface area contributed by atoms with Crippen LogP contribution in [0.4, 0.5) is 8.78 Å². The minimum atomic E-state index is -0.897. The van der Waals surface area contributed by atoms with Crippen LogP contribution in [0.5, 0.6) is 5.75 Å². The third kappa shape index (κ3) is 3.48. The van der Waals surface area contributed by atoms with E-state index in [0.717, 1.165) is 31.9 Å². The molecule has 0 radical (unpaired) electrons. The molecule has 1 aromatic rings. The molecule has 0 bridgehead atoms. The zero-order chi connectivity index (χ0) is 14.8. The number of benzene rings is 1. The van der Waals surface area contributed by atoms with Crippen LogP contribution < -0.4 is 10.1 Å². The standard InChI is InChI=1S/C16H23F2NO/c1-4-19-12-8-9-16(2,3)10-14(12)20-13-7-5-6-11(17)15(13)18/h5-7,12,14,19H,4,8-10H2,1-3H3. The van der Waals surface area contributed by atoms with Crippen molar-refractivity contribution in [1.82, 2.24) is 5.32 Å². The molecule has 1 aromatic carbocycles. The van der Waals surface area contributed by atoms with Crippen LogP contribution in [-0.4, -0.2) is 18.7 Å². The summed E-state index contributed by atoms with van der Waals surface area (Å²) < 4.78 is 32.8. The van der Waals surface area contributed by atoms with Crippen molar-refractivity contribution in [2.24, 2.45) is 5.41 Å². The average Bonchev–Trinajstić information content (AvgIpc) is 2.38. The van der Waals surface area contributed by atoms with E-state index in [1.165, 1.54) is 12.1 Å². The number of halogens is 2. The molecule has 0 heterocycles. The molecule has 2 atom stereocenters. The zero-order valence-electron chi connectivity index (χ0n) is 12.4. The maximum Gasteiger partial charge on any atom is 0.200 e. The molecular formula is C16H23F2NO. The van der Waals surface area contributed by atoms with Gasteiger partial charge in [0.25, 0.3) is 0 Å². The third-order valence-electron chi connectivity index (χ3n) is 4.00. The van der Waals surface area contributed by atoms with Gasteiger partial charge in [-0.15, -0.1) is 0 Å². The van der Waals surface area contributed by atoms with Crippen LogP contribution >= 0.6 is 0 Å². The van der Waals surface area contributed by atoms with E-state index in [4.69, 9.17) is 4.74 Å². The van der Waals surface area contributed by atoms with Gasteiger partial charge < -0.3 is 10.1 Å². The summed E-state index contributed by atoms with van der Waals surface area (Å²) in [6, 6.07) is 4.26. The highest BCUT2D eigenvalue weighted by atomic mass is 19.2. The molecule has 1 saturated carbocycles. The summed E-state index contributed by atoms with van der Waals surface area (Å²) in [6.45, 7) is 7.26. The summed E-state index contributed by atoms with van der Waals surface area (Å²) >= 11 is 0. The Labute approximate surface area is 119 Å². The van der Waals surface area contributed by atoms with Crippen LogP contribution in [0.3, 0.4) is 0 Å². The molecule has 2 nitrogen and oxygen atoms in total. The van der Waals surface area contributed by atoms with Crippen molar-refractivity contribution in [3.05, 3.63) is 29.8 Å². The number of hydrogen-bond acceptors (Lipinski definition) is 2. The Hall–Kier alpha value is -1.16. The highest BCUT2D eigenvalue weighted by molar-refractivity contribution is 5.25. The number of ether oxygens (including phenoxy) is 1. The largest absolute Gasteiger partial charge is 0.486 e. The van der Waals surface area contributed by atoms with E-state index in [1.54, 1.807) is 0 Å². The van der Waals surface area contributed by atoms with Gasteiger partial charge in [0.1, 0.15) is 6.10 Å². The van der Waals surface area contributed by atoms with Crippen molar-refractivity contribution in [2.45, 2.75) is 52.2 Å². The summed E-state index contributed by atoms with van der Waals surface area (Å²) in [7, 11) is 0. The first-order chi connectivity index (χ1) is 9.43. The van der Waals surface area contributed by atoms with Gasteiger partial charge in [-0.1, -0.05) is 26.8 Å². The minimum absolute atomic E-state index is 0.00982. The fraction of sp³-hybridized carbons (Fsp3) is 0.625. The van der Waals surface area contributed by atoms with E-state index in [2.05, 4.69) is 19.2 Å². The predicted octanol–water partition coefficient (Wildman–Crippen LogP) is 3.90. The second kappa shape index (κ2) is 6.08. The molecule has 0 amide bonds. The van der Waals surface area contributed by atoms with Crippen molar-refractivity contribution in [3.8, 4) is 5.75 Å². The van der Waals surface area contributed by atoms with Crippen LogP contribution in [0.15, 0.2) is 18.2 Å². The van der Waals surface area contributed by atoms with Gasteiger partial charge in [0, 0.05) is 6.04 Å². The fourth-order valence-corrected chi connectivity index (χ4v) is 2.88. The van der Waals surface area contributed by atoms with Gasteiger partial charge in [-0.25, -0.2) is 4.39 Å². The van der Waals surface area contributed by atoms with Crippen LogP contribution in [0.2, 0.25) is 0 Å². The van der Waals surface area contributed by atoms with E-state index in [1.807, 2.05) is 6.92 Å². The van der Waals surface area contributed by atoms with E-state index in [9.17, 15) is 8.78 Å². The van der Waals surface area contributed by atoms with E-state index in [0.29, 0.717) is 0 Å². The highest BCUT2D eigenvalue weighted by Crippen LogP contribution is 2.37. The highest BCUT2D eigenvalue weighted by Gasteiger charge is 2.36. The van der Waals surface area contributed by atoms with E-state index >= 15 is 0 Å². The molecule has 1 fully saturated rings. The molecule has 1 N–H and O–H groups in total. The molecule has 1 aliphatic carbocycles. The fourth-order valence-electron chi connectivity index (χ4n) is 2.88. The van der Waals surface area contributed by atoms with Gasteiger partial charge in [0.15, 0.2) is 11.6 Å². The lowest BCUT2D eigenvalue weighted by Gasteiger charge is -2.41. The summed E-state index contributed by atoms with van der Waals surface area (Å²) in [5.74, 6) is -1.75. The molecular weight excluding hydrogens is 260 g/mol. The topological polar surface area (TPSA) is 21.3 Å². The van der Waals surface area contributed by atoms with E-state index < -0.39 is 11.6 Å². The van der Waals surface area contributed by atoms with Crippen LogP contribution in [0.25, 0.3) is 0 Å². The Morgan fingerprint density at radius 1 is 1.35 bits per heavy atom. The quantitative estimate of drug-likeness (QED) is 0.905. The van der Waals surface area contributed by atoms with Crippen molar-refractivity contribution < 1.29 is 13.5 Å². The van der Waals surface area contributed by atoms with Crippen LogP contribution in [0, 0.1) is 17.0 Å². The first-order valence-corrected chi connectivity index (χ1v) is 7.27. The lowest BCUT2D eigenvalue weighted by Crippen LogP contribution is -2.49. The molecule has 2 unspecified atom stereocenters. The number of nitrogens with one attached hydrogen (secondary N) is 1. The maximum absolute atomic E-state index is 13.7. The Kier molecular flexibility index (Phi) is 4.63. The Morgan fingerprint density at radius 3 is 2.80 bits per heavy atom. The third-order valence-corrected chi connectivity index (χ3v) is 4.00. The Bertz CT molecular complexity index is 462. The monoisotopic (exact) mass is 283 g/mol. The molecule has 0 aliphatic heterocycles. The molecule has 0 saturated heterocycles. The summed E-state index contributed by atoms with van der Waals surface area (Å²) in [5, 5.41) is 3.39. The van der Waals surface area contributed by atoms with Gasteiger partial charge in [0.2, 0.25) is 5.82 Å². The molecule has 0 spiro atoms. The average molecular weight is 283 g/mol. The number of hydrogen-bond donors (Lipinski definition) is 1. The predicted molar refractivity (Wildman–Crippen MR) is 75.9 cm³/mol. The smallest absolute Gasteiger partial charge is 0.200 e. The summed E-state index contributed by atoms with van der Waals surface area (Å²) in [6.07, 6.45) is 2.80. The first kappa shape index (κ1) is 15.2. The second-order valence-electron chi connectivity index (χ2n) is 6.28. The molecule has 0 aromatic heterocycles. The van der Waals surface area contributed by atoms with Gasteiger partial charge in [0.05, 0.1) is 0 Å². The van der Waals surface area contributed by atoms with E-state index in [-0.39, 0.29) is 23.3 Å². The Morgan fingerprint density at radius 2 is 2.10 bits per heavy atom. The first-order valence-electron chi connectivity index (χ1n) is 7.27. The minimum Gasteiger partial charge on any atom is -0.486 e. The van der Waals surface area contributed by atoms with Crippen LogP contribution in [-0.2, 0) is 0 Å². The molecule has 4 heteroatoms. The molecule has 20 heavy (non-hydrogen) atoms. The van der Waals surface area contributed by atoms with Crippen molar-refractivity contribution in [3.63, 3.8) is 0 Å². The lowest BCUT2D eigenvalue weighted by atomic mass is 9.74. The summed E-state index contributed by atoms with van der Waals surface area (Å²) in [4.78, 5) is 0. The maximum atomic E-state index is 13.7. The van der Waals surface area contributed by atoms with Gasteiger partial charge >= 0.3 is 0 Å². The summed E-state index contributed by atoms with van der Waals surface area (Å²) in [5.41, 5.74) is 0.167. The Balaban J connectivity index is 2.16. The van der Waals surface area contributed by atoms with Crippen molar-refractivity contribution in [1.29, 1.82) is 0 Å². The van der Waals surface area contributed by atoms with Gasteiger partial charge in [-0.05, 0) is 43.4 Å². The van der Waals surface area contributed by atoms with Crippen LogP contribution in [0.1, 0.15) is 40.0 Å². The molecule has 112 valence electrons. The lowest BCUT2D eigenvalue weighted by molar-refractivity contribution is 0.0504. The number of rotatable bonds is 4. The van der Waals surface area contributed by atoms with Gasteiger partial charge in [-0.3, -0.25) is 0 Å². The zero-order valence-corrected chi connectivity index (χ0v) is 12.4. The SMILES string of the molecule is CCNC1CCC(C)(C)CC1Oc1cccc(F)c1F. The number of likely N-dealkylation sites (N-methyl/N-ethyl adjacent to an activating group) is 1.